The molecule has 2 heterocycles. The van der Waals surface area contributed by atoms with Crippen LogP contribution in [0.4, 0.5) is 5.82 Å². The predicted octanol–water partition coefficient (Wildman–Crippen LogP) is 0.754. The molecule has 1 aromatic heterocycles. The molecule has 4 N–H and O–H groups in total. The number of rotatable bonds is 4. The first kappa shape index (κ1) is 14.7. The number of aryl methyl sites for hydroxylation is 1. The van der Waals surface area contributed by atoms with E-state index in [1.165, 1.54) is 0 Å². The SMILES string of the molecule is CCc1cc(C(=O)NC2CCCN(C)C2)cc(NN)n1. The Bertz CT molecular complexity index is 454. The summed E-state index contributed by atoms with van der Waals surface area (Å²) in [5.74, 6) is 5.86. The average molecular weight is 277 g/mol. The van der Waals surface area contributed by atoms with Crippen LogP contribution in [0.25, 0.3) is 0 Å². The Morgan fingerprint density at radius 2 is 2.35 bits per heavy atom. The molecule has 110 valence electrons. The van der Waals surface area contributed by atoms with Crippen molar-refractivity contribution < 1.29 is 4.79 Å². The molecule has 1 aliphatic rings. The van der Waals surface area contributed by atoms with Gasteiger partial charge >= 0.3 is 0 Å². The number of likely N-dealkylation sites (tertiary alicyclic amines) is 1. The Hall–Kier alpha value is -1.66. The van der Waals surface area contributed by atoms with Gasteiger partial charge in [-0.3, -0.25) is 4.79 Å². The summed E-state index contributed by atoms with van der Waals surface area (Å²) >= 11 is 0. The molecule has 6 heteroatoms. The zero-order valence-electron chi connectivity index (χ0n) is 12.1. The maximum atomic E-state index is 12.3. The predicted molar refractivity (Wildman–Crippen MR) is 79.4 cm³/mol. The molecule has 6 nitrogen and oxygen atoms in total. The van der Waals surface area contributed by atoms with Crippen molar-refractivity contribution in [3.05, 3.63) is 23.4 Å². The Kier molecular flexibility index (Phi) is 4.92. The molecule has 0 spiro atoms. The van der Waals surface area contributed by atoms with Gasteiger partial charge in [0.15, 0.2) is 0 Å². The number of likely N-dealkylation sites (N-methyl/N-ethyl adjacent to an activating group) is 1. The molecule has 1 amide bonds. The van der Waals surface area contributed by atoms with Crippen LogP contribution in [0.1, 0.15) is 35.8 Å². The van der Waals surface area contributed by atoms with Gasteiger partial charge in [0.25, 0.3) is 5.91 Å². The Morgan fingerprint density at radius 3 is 3.00 bits per heavy atom. The molecule has 1 saturated heterocycles. The van der Waals surface area contributed by atoms with Crippen LogP contribution < -0.4 is 16.6 Å². The topological polar surface area (TPSA) is 83.3 Å². The molecule has 1 aliphatic heterocycles. The van der Waals surface area contributed by atoms with E-state index in [0.29, 0.717) is 11.4 Å². The van der Waals surface area contributed by atoms with Crippen LogP contribution in [0.15, 0.2) is 12.1 Å². The number of carbonyl (C=O) groups is 1. The van der Waals surface area contributed by atoms with Gasteiger partial charge in [0, 0.05) is 23.8 Å². The molecule has 20 heavy (non-hydrogen) atoms. The molecule has 2 rings (SSSR count). The van der Waals surface area contributed by atoms with Gasteiger partial charge < -0.3 is 15.6 Å². The number of nitrogens with two attached hydrogens (primary N) is 1. The van der Waals surface area contributed by atoms with E-state index in [4.69, 9.17) is 5.84 Å². The van der Waals surface area contributed by atoms with E-state index in [1.807, 2.05) is 13.0 Å². The van der Waals surface area contributed by atoms with Gasteiger partial charge in [0.1, 0.15) is 5.82 Å². The second-order valence-corrected chi connectivity index (χ2v) is 5.31. The standard InChI is InChI=1S/C14H23N5O/c1-3-11-7-10(8-13(16-11)18-15)14(20)17-12-5-4-6-19(2)9-12/h7-8,12H,3-6,9,15H2,1-2H3,(H,16,18)(H,17,20). The number of anilines is 1. The summed E-state index contributed by atoms with van der Waals surface area (Å²) in [5.41, 5.74) is 3.97. The number of hydrazine groups is 1. The zero-order valence-corrected chi connectivity index (χ0v) is 12.1. The summed E-state index contributed by atoms with van der Waals surface area (Å²) in [6.07, 6.45) is 2.92. The van der Waals surface area contributed by atoms with E-state index in [-0.39, 0.29) is 11.9 Å². The number of hydrogen-bond donors (Lipinski definition) is 3. The monoisotopic (exact) mass is 277 g/mol. The van der Waals surface area contributed by atoms with E-state index >= 15 is 0 Å². The number of aromatic nitrogens is 1. The minimum absolute atomic E-state index is 0.0566. The quantitative estimate of drug-likeness (QED) is 0.559. The molecular weight excluding hydrogens is 254 g/mol. The average Bonchev–Trinajstić information content (AvgIpc) is 2.46. The summed E-state index contributed by atoms with van der Waals surface area (Å²) in [6.45, 7) is 4.00. The molecule has 1 unspecified atom stereocenters. The summed E-state index contributed by atoms with van der Waals surface area (Å²) in [6, 6.07) is 3.72. The Morgan fingerprint density at radius 1 is 1.55 bits per heavy atom. The van der Waals surface area contributed by atoms with Crippen molar-refractivity contribution in [2.24, 2.45) is 5.84 Å². The maximum absolute atomic E-state index is 12.3. The van der Waals surface area contributed by atoms with Gasteiger partial charge in [-0.1, -0.05) is 6.92 Å². The number of nitrogens with zero attached hydrogens (tertiary/aromatic N) is 2. The van der Waals surface area contributed by atoms with Crippen LogP contribution in [0, 0.1) is 0 Å². The van der Waals surface area contributed by atoms with Gasteiger partial charge in [0.2, 0.25) is 0 Å². The molecule has 0 bridgehead atoms. The highest BCUT2D eigenvalue weighted by Gasteiger charge is 2.20. The van der Waals surface area contributed by atoms with Crippen molar-refractivity contribution in [3.63, 3.8) is 0 Å². The molecular formula is C14H23N5O. The first-order valence-electron chi connectivity index (χ1n) is 7.09. The number of piperidine rings is 1. The Balaban J connectivity index is 2.08. The summed E-state index contributed by atoms with van der Waals surface area (Å²) in [5, 5.41) is 3.09. The van der Waals surface area contributed by atoms with Crippen LogP contribution in [0.3, 0.4) is 0 Å². The summed E-state index contributed by atoms with van der Waals surface area (Å²) in [7, 11) is 2.08. The van der Waals surface area contributed by atoms with Crippen molar-refractivity contribution >= 4 is 11.7 Å². The molecule has 0 aliphatic carbocycles. The number of hydrogen-bond acceptors (Lipinski definition) is 5. The highest BCUT2D eigenvalue weighted by atomic mass is 16.1. The lowest BCUT2D eigenvalue weighted by Gasteiger charge is -2.30. The van der Waals surface area contributed by atoms with E-state index < -0.39 is 0 Å². The number of carbonyl (C=O) groups excluding carboxylic acids is 1. The highest BCUT2D eigenvalue weighted by Crippen LogP contribution is 2.13. The van der Waals surface area contributed by atoms with Gasteiger partial charge in [-0.2, -0.15) is 0 Å². The second-order valence-electron chi connectivity index (χ2n) is 5.31. The van der Waals surface area contributed by atoms with Crippen LogP contribution in [0.5, 0.6) is 0 Å². The minimum Gasteiger partial charge on any atom is -0.348 e. The first-order chi connectivity index (χ1) is 9.62. The molecule has 0 aromatic carbocycles. The van der Waals surface area contributed by atoms with Gasteiger partial charge in [-0.25, -0.2) is 10.8 Å². The number of nitrogens with one attached hydrogen (secondary N) is 2. The number of pyridine rings is 1. The molecule has 1 atom stereocenters. The van der Waals surface area contributed by atoms with Crippen molar-refractivity contribution in [2.75, 3.05) is 25.6 Å². The first-order valence-corrected chi connectivity index (χ1v) is 7.09. The normalized spacial score (nSPS) is 19.6. The van der Waals surface area contributed by atoms with Crippen molar-refractivity contribution in [1.82, 2.24) is 15.2 Å². The molecule has 1 fully saturated rings. The number of amides is 1. The fraction of sp³-hybridized carbons (Fsp3) is 0.571. The molecule has 0 radical (unpaired) electrons. The minimum atomic E-state index is -0.0566. The lowest BCUT2D eigenvalue weighted by atomic mass is 10.1. The maximum Gasteiger partial charge on any atom is 0.251 e. The highest BCUT2D eigenvalue weighted by molar-refractivity contribution is 5.95. The van der Waals surface area contributed by atoms with Crippen LogP contribution in [-0.4, -0.2) is 42.0 Å². The smallest absolute Gasteiger partial charge is 0.251 e. The van der Waals surface area contributed by atoms with Gasteiger partial charge in [0.05, 0.1) is 0 Å². The zero-order chi connectivity index (χ0) is 14.5. The lowest BCUT2D eigenvalue weighted by molar-refractivity contribution is 0.0912. The largest absolute Gasteiger partial charge is 0.348 e. The van der Waals surface area contributed by atoms with Gasteiger partial charge in [-0.15, -0.1) is 0 Å². The second kappa shape index (κ2) is 6.67. The van der Waals surface area contributed by atoms with Crippen molar-refractivity contribution in [3.8, 4) is 0 Å². The Labute approximate surface area is 119 Å². The third-order valence-corrected chi connectivity index (χ3v) is 3.61. The number of nitrogen functional groups attached to an aromatic ring is 1. The van der Waals surface area contributed by atoms with Gasteiger partial charge in [-0.05, 0) is 45.0 Å². The summed E-state index contributed by atoms with van der Waals surface area (Å²) in [4.78, 5) is 18.9. The third-order valence-electron chi connectivity index (χ3n) is 3.61. The molecule has 1 aromatic rings. The van der Waals surface area contributed by atoms with Crippen molar-refractivity contribution in [2.45, 2.75) is 32.2 Å². The van der Waals surface area contributed by atoms with E-state index in [1.54, 1.807) is 6.07 Å². The van der Waals surface area contributed by atoms with E-state index in [2.05, 4.69) is 27.7 Å². The lowest BCUT2D eigenvalue weighted by Crippen LogP contribution is -2.46. The van der Waals surface area contributed by atoms with Crippen LogP contribution in [0.2, 0.25) is 0 Å². The fourth-order valence-corrected chi connectivity index (χ4v) is 2.53. The van der Waals surface area contributed by atoms with Crippen LogP contribution >= 0.6 is 0 Å². The summed E-state index contributed by atoms with van der Waals surface area (Å²) < 4.78 is 0. The fourth-order valence-electron chi connectivity index (χ4n) is 2.53. The van der Waals surface area contributed by atoms with E-state index in [0.717, 1.165) is 38.0 Å². The van der Waals surface area contributed by atoms with Crippen molar-refractivity contribution in [1.29, 1.82) is 0 Å². The van der Waals surface area contributed by atoms with Crippen LogP contribution in [-0.2, 0) is 6.42 Å². The molecule has 0 saturated carbocycles. The van der Waals surface area contributed by atoms with E-state index in [9.17, 15) is 4.79 Å². The third kappa shape index (κ3) is 3.68.